The molecular weight excluding hydrogens is 165 g/mol. The van der Waals surface area contributed by atoms with Crippen LogP contribution in [0.1, 0.15) is 12.5 Å². The van der Waals surface area contributed by atoms with Gasteiger partial charge in [-0.2, -0.15) is 0 Å². The van der Waals surface area contributed by atoms with Crippen LogP contribution in [0.5, 0.6) is 0 Å². The number of hydrogen-bond donors (Lipinski definition) is 0. The smallest absolute Gasteiger partial charge is 0.132 e. The number of benzene rings is 1. The Morgan fingerprint density at radius 1 is 1.23 bits per heavy atom. The number of nitrogens with zero attached hydrogens (tertiary/aromatic N) is 1. The van der Waals surface area contributed by atoms with E-state index in [1.165, 1.54) is 6.07 Å². The van der Waals surface area contributed by atoms with Gasteiger partial charge in [0.15, 0.2) is 0 Å². The van der Waals surface area contributed by atoms with Gasteiger partial charge in [0.2, 0.25) is 0 Å². The van der Waals surface area contributed by atoms with Gasteiger partial charge in [-0.15, -0.1) is 0 Å². The van der Waals surface area contributed by atoms with Crippen molar-refractivity contribution < 1.29 is 4.39 Å². The molecule has 2 aromatic rings. The Kier molecular flexibility index (Phi) is 1.97. The average Bonchev–Trinajstić information content (AvgIpc) is 2.18. The summed E-state index contributed by atoms with van der Waals surface area (Å²) in [6, 6.07) is 5.12. The van der Waals surface area contributed by atoms with Crippen molar-refractivity contribution >= 4 is 10.8 Å². The van der Waals surface area contributed by atoms with Crippen molar-refractivity contribution in [3.8, 4) is 0 Å². The lowest BCUT2D eigenvalue weighted by atomic mass is 10.1. The normalized spacial score (nSPS) is 10.6. The second kappa shape index (κ2) is 3.13. The molecule has 1 aromatic carbocycles. The third kappa shape index (κ3) is 1.28. The van der Waals surface area contributed by atoms with Crippen LogP contribution in [0.3, 0.4) is 0 Å². The molecule has 0 amide bonds. The van der Waals surface area contributed by atoms with Gasteiger partial charge in [0.25, 0.3) is 0 Å². The fourth-order valence-corrected chi connectivity index (χ4v) is 1.50. The first-order valence-electron chi connectivity index (χ1n) is 4.34. The van der Waals surface area contributed by atoms with Gasteiger partial charge in [-0.3, -0.25) is 4.98 Å². The molecule has 0 saturated carbocycles. The molecule has 2 heteroatoms. The molecule has 1 aromatic heterocycles. The Balaban J connectivity index is 2.84. The summed E-state index contributed by atoms with van der Waals surface area (Å²) in [5.74, 6) is -0.194. The first-order chi connectivity index (χ1) is 6.33. The van der Waals surface area contributed by atoms with Gasteiger partial charge in [-0.25, -0.2) is 4.39 Å². The van der Waals surface area contributed by atoms with Gasteiger partial charge in [0, 0.05) is 17.8 Å². The molecule has 0 unspecified atom stereocenters. The predicted molar refractivity (Wildman–Crippen MR) is 51.1 cm³/mol. The van der Waals surface area contributed by atoms with Crippen molar-refractivity contribution in [2.24, 2.45) is 0 Å². The van der Waals surface area contributed by atoms with E-state index in [0.29, 0.717) is 5.39 Å². The molecule has 66 valence electrons. The zero-order chi connectivity index (χ0) is 9.26. The maximum Gasteiger partial charge on any atom is 0.132 e. The fraction of sp³-hybridized carbons (Fsp3) is 0.182. The highest BCUT2D eigenvalue weighted by Gasteiger charge is 2.02. The number of fused-ring (bicyclic) bond motifs is 1. The van der Waals surface area contributed by atoms with Crippen molar-refractivity contribution in [3.63, 3.8) is 0 Å². The average molecular weight is 175 g/mol. The highest BCUT2D eigenvalue weighted by Crippen LogP contribution is 2.20. The Morgan fingerprint density at radius 2 is 2.08 bits per heavy atom. The molecule has 2 rings (SSSR count). The largest absolute Gasteiger partial charge is 0.264 e. The first kappa shape index (κ1) is 8.17. The summed E-state index contributed by atoms with van der Waals surface area (Å²) in [5.41, 5.74) is 1.09. The molecule has 0 saturated heterocycles. The van der Waals surface area contributed by atoms with E-state index >= 15 is 0 Å². The van der Waals surface area contributed by atoms with E-state index in [2.05, 4.69) is 4.98 Å². The van der Waals surface area contributed by atoms with Crippen LogP contribution in [-0.4, -0.2) is 4.98 Å². The Morgan fingerprint density at radius 3 is 2.85 bits per heavy atom. The van der Waals surface area contributed by atoms with E-state index in [-0.39, 0.29) is 5.82 Å². The zero-order valence-corrected chi connectivity index (χ0v) is 7.42. The van der Waals surface area contributed by atoms with Crippen LogP contribution in [0.2, 0.25) is 0 Å². The van der Waals surface area contributed by atoms with E-state index < -0.39 is 0 Å². The van der Waals surface area contributed by atoms with Gasteiger partial charge >= 0.3 is 0 Å². The first-order valence-corrected chi connectivity index (χ1v) is 4.34. The summed E-state index contributed by atoms with van der Waals surface area (Å²) in [5, 5.41) is 1.58. The van der Waals surface area contributed by atoms with Gasteiger partial charge in [0.05, 0.1) is 0 Å². The molecule has 0 N–H and O–H groups in total. The molecule has 1 heterocycles. The second-order valence-electron chi connectivity index (χ2n) is 2.99. The Hall–Kier alpha value is -1.44. The van der Waals surface area contributed by atoms with Crippen LogP contribution in [0.15, 0.2) is 30.6 Å². The van der Waals surface area contributed by atoms with Crippen molar-refractivity contribution in [3.05, 3.63) is 42.0 Å². The fourth-order valence-electron chi connectivity index (χ4n) is 1.50. The topological polar surface area (TPSA) is 12.9 Å². The van der Waals surface area contributed by atoms with E-state index in [4.69, 9.17) is 0 Å². The molecule has 0 fully saturated rings. The van der Waals surface area contributed by atoms with Crippen molar-refractivity contribution in [1.29, 1.82) is 0 Å². The molecule has 0 spiro atoms. The summed E-state index contributed by atoms with van der Waals surface area (Å²) in [4.78, 5) is 4.00. The lowest BCUT2D eigenvalue weighted by Crippen LogP contribution is -1.87. The predicted octanol–water partition coefficient (Wildman–Crippen LogP) is 2.94. The lowest BCUT2D eigenvalue weighted by Gasteiger charge is -2.03. The van der Waals surface area contributed by atoms with Gasteiger partial charge < -0.3 is 0 Å². The maximum absolute atomic E-state index is 13.3. The molecule has 0 radical (unpaired) electrons. The Bertz CT molecular complexity index is 437. The number of halogens is 1. The van der Waals surface area contributed by atoms with E-state index in [9.17, 15) is 4.39 Å². The monoisotopic (exact) mass is 175 g/mol. The van der Waals surface area contributed by atoms with Gasteiger partial charge in [-0.1, -0.05) is 19.1 Å². The number of rotatable bonds is 1. The third-order valence-corrected chi connectivity index (χ3v) is 2.21. The zero-order valence-electron chi connectivity index (χ0n) is 7.42. The van der Waals surface area contributed by atoms with Crippen LogP contribution in [0.4, 0.5) is 4.39 Å². The third-order valence-electron chi connectivity index (χ3n) is 2.21. The molecule has 0 aliphatic carbocycles. The van der Waals surface area contributed by atoms with E-state index in [1.54, 1.807) is 18.5 Å². The summed E-state index contributed by atoms with van der Waals surface area (Å²) in [6.07, 6.45) is 4.25. The van der Waals surface area contributed by atoms with Crippen LogP contribution in [0.25, 0.3) is 10.8 Å². The van der Waals surface area contributed by atoms with Crippen molar-refractivity contribution in [1.82, 2.24) is 4.98 Å². The SMILES string of the molecule is CCc1cncc2c(F)cccc12. The summed E-state index contributed by atoms with van der Waals surface area (Å²) in [7, 11) is 0. The Labute approximate surface area is 76.2 Å². The van der Waals surface area contributed by atoms with Gasteiger partial charge in [-0.05, 0) is 23.4 Å². The maximum atomic E-state index is 13.3. The molecular formula is C11H10FN. The number of aromatic nitrogens is 1. The van der Waals surface area contributed by atoms with Crippen LogP contribution < -0.4 is 0 Å². The van der Waals surface area contributed by atoms with Crippen molar-refractivity contribution in [2.75, 3.05) is 0 Å². The highest BCUT2D eigenvalue weighted by molar-refractivity contribution is 5.85. The lowest BCUT2D eigenvalue weighted by molar-refractivity contribution is 0.639. The minimum absolute atomic E-state index is 0.194. The molecule has 13 heavy (non-hydrogen) atoms. The number of hydrogen-bond acceptors (Lipinski definition) is 1. The summed E-state index contributed by atoms with van der Waals surface area (Å²) < 4.78 is 13.3. The van der Waals surface area contributed by atoms with E-state index in [1.807, 2.05) is 13.0 Å². The molecule has 1 nitrogen and oxygen atoms in total. The van der Waals surface area contributed by atoms with Gasteiger partial charge in [0.1, 0.15) is 5.82 Å². The quantitative estimate of drug-likeness (QED) is 0.649. The standard InChI is InChI=1S/C11H10FN/c1-2-8-6-13-7-10-9(8)4-3-5-11(10)12/h3-7H,2H2,1H3. The molecule has 0 atom stereocenters. The summed E-state index contributed by atoms with van der Waals surface area (Å²) in [6.45, 7) is 2.04. The van der Waals surface area contributed by atoms with Crippen molar-refractivity contribution in [2.45, 2.75) is 13.3 Å². The minimum atomic E-state index is -0.194. The summed E-state index contributed by atoms with van der Waals surface area (Å²) >= 11 is 0. The highest BCUT2D eigenvalue weighted by atomic mass is 19.1. The number of pyridine rings is 1. The van der Waals surface area contributed by atoms with Crippen LogP contribution >= 0.6 is 0 Å². The minimum Gasteiger partial charge on any atom is -0.264 e. The second-order valence-corrected chi connectivity index (χ2v) is 2.99. The molecule has 0 aliphatic rings. The molecule has 0 bridgehead atoms. The molecule has 0 aliphatic heterocycles. The van der Waals surface area contributed by atoms with E-state index in [0.717, 1.165) is 17.4 Å². The number of aryl methyl sites for hydroxylation is 1. The van der Waals surface area contributed by atoms with Crippen LogP contribution in [0, 0.1) is 5.82 Å². The van der Waals surface area contributed by atoms with Crippen LogP contribution in [-0.2, 0) is 6.42 Å².